The number of nitrogens with zero attached hydrogens (tertiary/aromatic N) is 2. The van der Waals surface area contributed by atoms with Gasteiger partial charge < -0.3 is 15.4 Å². The first kappa shape index (κ1) is 20.0. The number of rotatable bonds is 6. The lowest BCUT2D eigenvalue weighted by Gasteiger charge is -2.11. The second-order valence-corrected chi connectivity index (χ2v) is 6.38. The molecule has 0 saturated carbocycles. The normalized spacial score (nSPS) is 10.3. The number of anilines is 3. The van der Waals surface area contributed by atoms with Crippen molar-refractivity contribution in [1.82, 2.24) is 9.97 Å². The number of hydrogen-bond acceptors (Lipinski definition) is 6. The largest absolute Gasteiger partial charge is 0.462 e. The Morgan fingerprint density at radius 2 is 1.72 bits per heavy atom. The van der Waals surface area contributed by atoms with Gasteiger partial charge >= 0.3 is 5.97 Å². The van der Waals surface area contributed by atoms with Crippen molar-refractivity contribution >= 4 is 29.1 Å². The maximum atomic E-state index is 12.6. The van der Waals surface area contributed by atoms with Crippen LogP contribution in [0.2, 0.25) is 0 Å². The van der Waals surface area contributed by atoms with E-state index >= 15 is 0 Å². The summed E-state index contributed by atoms with van der Waals surface area (Å²) in [6, 6.07) is 15.9. The molecule has 29 heavy (non-hydrogen) atoms. The van der Waals surface area contributed by atoms with E-state index in [4.69, 9.17) is 4.74 Å². The van der Waals surface area contributed by atoms with Gasteiger partial charge in [0.2, 0.25) is 0 Å². The molecule has 0 unspecified atom stereocenters. The molecule has 1 aromatic heterocycles. The molecule has 0 spiro atoms. The summed E-state index contributed by atoms with van der Waals surface area (Å²) in [7, 11) is 0. The first-order valence-corrected chi connectivity index (χ1v) is 9.23. The Hall–Kier alpha value is -3.74. The van der Waals surface area contributed by atoms with E-state index in [1.165, 1.54) is 0 Å². The molecule has 7 nitrogen and oxygen atoms in total. The molecule has 7 heteroatoms. The standard InChI is InChI=1S/C22H22N4O3/c1-4-29-22(28)16-9-11-17(12-10-16)25-20-13-19(23-15(3)24-20)21(27)26-18-8-6-5-7-14(18)2/h5-13H,4H2,1-3H3,(H,26,27)(H,23,24,25). The molecule has 3 rings (SSSR count). The van der Waals surface area contributed by atoms with Crippen molar-refractivity contribution in [2.45, 2.75) is 20.8 Å². The fourth-order valence-electron chi connectivity index (χ4n) is 2.70. The number of amides is 1. The number of esters is 1. The Balaban J connectivity index is 1.76. The number of benzene rings is 2. The molecule has 0 saturated heterocycles. The van der Waals surface area contributed by atoms with Gasteiger partial charge in [0.05, 0.1) is 12.2 Å². The SMILES string of the molecule is CCOC(=O)c1ccc(Nc2cc(C(=O)Nc3ccccc3C)nc(C)n2)cc1. The molecule has 0 aliphatic heterocycles. The van der Waals surface area contributed by atoms with Crippen LogP contribution < -0.4 is 10.6 Å². The molecule has 0 fully saturated rings. The van der Waals surface area contributed by atoms with Gasteiger partial charge in [0.25, 0.3) is 5.91 Å². The molecule has 0 aliphatic carbocycles. The lowest BCUT2D eigenvalue weighted by Crippen LogP contribution is -2.16. The monoisotopic (exact) mass is 390 g/mol. The zero-order valence-electron chi connectivity index (χ0n) is 16.5. The number of aromatic nitrogens is 2. The smallest absolute Gasteiger partial charge is 0.338 e. The quantitative estimate of drug-likeness (QED) is 0.611. The molecule has 2 N–H and O–H groups in total. The molecule has 1 amide bonds. The third kappa shape index (κ3) is 5.16. The molecule has 0 radical (unpaired) electrons. The number of carbonyl (C=O) groups is 2. The Bertz CT molecular complexity index is 1030. The lowest BCUT2D eigenvalue weighted by atomic mass is 10.2. The molecule has 0 atom stereocenters. The summed E-state index contributed by atoms with van der Waals surface area (Å²) >= 11 is 0. The van der Waals surface area contributed by atoms with Crippen molar-refractivity contribution in [3.8, 4) is 0 Å². The van der Waals surface area contributed by atoms with E-state index in [1.807, 2.05) is 31.2 Å². The molecule has 0 aliphatic rings. The van der Waals surface area contributed by atoms with Crippen molar-refractivity contribution in [2.24, 2.45) is 0 Å². The van der Waals surface area contributed by atoms with Gasteiger partial charge in [-0.2, -0.15) is 0 Å². The summed E-state index contributed by atoms with van der Waals surface area (Å²) in [5.74, 6) is 0.266. The van der Waals surface area contributed by atoms with Crippen LogP contribution in [-0.2, 0) is 4.74 Å². The highest BCUT2D eigenvalue weighted by atomic mass is 16.5. The average molecular weight is 390 g/mol. The predicted octanol–water partition coefficient (Wildman–Crippen LogP) is 4.27. The lowest BCUT2D eigenvalue weighted by molar-refractivity contribution is 0.0526. The van der Waals surface area contributed by atoms with E-state index in [9.17, 15) is 9.59 Å². The fraction of sp³-hybridized carbons (Fsp3) is 0.182. The van der Waals surface area contributed by atoms with Gasteiger partial charge in [0.1, 0.15) is 17.3 Å². The number of para-hydroxylation sites is 1. The Labute approximate surface area is 169 Å². The topological polar surface area (TPSA) is 93.2 Å². The number of hydrogen-bond donors (Lipinski definition) is 2. The minimum absolute atomic E-state index is 0.256. The third-order valence-corrected chi connectivity index (χ3v) is 4.13. The molecule has 2 aromatic carbocycles. The fourth-order valence-corrected chi connectivity index (χ4v) is 2.70. The van der Waals surface area contributed by atoms with Gasteiger partial charge in [-0.15, -0.1) is 0 Å². The number of nitrogens with one attached hydrogen (secondary N) is 2. The van der Waals surface area contributed by atoms with Crippen LogP contribution in [0.1, 0.15) is 39.2 Å². The van der Waals surface area contributed by atoms with Crippen LogP contribution in [0.4, 0.5) is 17.2 Å². The molecule has 1 heterocycles. The maximum Gasteiger partial charge on any atom is 0.338 e. The van der Waals surface area contributed by atoms with E-state index in [-0.39, 0.29) is 17.6 Å². The Morgan fingerprint density at radius 1 is 1.00 bits per heavy atom. The van der Waals surface area contributed by atoms with Crippen LogP contribution in [0.25, 0.3) is 0 Å². The van der Waals surface area contributed by atoms with Crippen molar-refractivity contribution in [1.29, 1.82) is 0 Å². The number of aryl methyl sites for hydroxylation is 2. The highest BCUT2D eigenvalue weighted by Gasteiger charge is 2.12. The maximum absolute atomic E-state index is 12.6. The van der Waals surface area contributed by atoms with Crippen LogP contribution in [-0.4, -0.2) is 28.5 Å². The minimum atomic E-state index is -0.368. The Kier molecular flexibility index (Phi) is 6.19. The van der Waals surface area contributed by atoms with Gasteiger partial charge in [-0.05, 0) is 56.7 Å². The summed E-state index contributed by atoms with van der Waals surface area (Å²) in [4.78, 5) is 32.9. The summed E-state index contributed by atoms with van der Waals surface area (Å²) in [5.41, 5.74) is 3.15. The highest BCUT2D eigenvalue weighted by Crippen LogP contribution is 2.18. The summed E-state index contributed by atoms with van der Waals surface area (Å²) in [6.07, 6.45) is 0. The third-order valence-electron chi connectivity index (χ3n) is 4.13. The van der Waals surface area contributed by atoms with Gasteiger partial charge in [0.15, 0.2) is 0 Å². The van der Waals surface area contributed by atoms with Crippen molar-refractivity contribution in [2.75, 3.05) is 17.2 Å². The average Bonchev–Trinajstić information content (AvgIpc) is 2.70. The number of ether oxygens (including phenoxy) is 1. The minimum Gasteiger partial charge on any atom is -0.462 e. The molecule has 148 valence electrons. The molecule has 0 bridgehead atoms. The van der Waals surface area contributed by atoms with Crippen LogP contribution in [0.15, 0.2) is 54.6 Å². The Morgan fingerprint density at radius 3 is 2.41 bits per heavy atom. The van der Waals surface area contributed by atoms with E-state index in [0.29, 0.717) is 23.8 Å². The van der Waals surface area contributed by atoms with Gasteiger partial charge in [0, 0.05) is 17.4 Å². The van der Waals surface area contributed by atoms with Crippen LogP contribution in [0.3, 0.4) is 0 Å². The van der Waals surface area contributed by atoms with Crippen molar-refractivity contribution in [3.63, 3.8) is 0 Å². The van der Waals surface area contributed by atoms with Crippen LogP contribution in [0, 0.1) is 13.8 Å². The van der Waals surface area contributed by atoms with Crippen LogP contribution >= 0.6 is 0 Å². The first-order chi connectivity index (χ1) is 14.0. The van der Waals surface area contributed by atoms with Crippen molar-refractivity contribution < 1.29 is 14.3 Å². The van der Waals surface area contributed by atoms with Crippen LogP contribution in [0.5, 0.6) is 0 Å². The van der Waals surface area contributed by atoms with Gasteiger partial charge in [-0.3, -0.25) is 4.79 Å². The van der Waals surface area contributed by atoms with Gasteiger partial charge in [-0.1, -0.05) is 18.2 Å². The summed E-state index contributed by atoms with van der Waals surface area (Å²) < 4.78 is 4.98. The van der Waals surface area contributed by atoms with E-state index in [0.717, 1.165) is 16.9 Å². The molecular formula is C22H22N4O3. The second-order valence-electron chi connectivity index (χ2n) is 6.38. The number of carbonyl (C=O) groups excluding carboxylic acids is 2. The van der Waals surface area contributed by atoms with E-state index in [2.05, 4.69) is 20.6 Å². The van der Waals surface area contributed by atoms with Crippen molar-refractivity contribution in [3.05, 3.63) is 77.2 Å². The summed E-state index contributed by atoms with van der Waals surface area (Å²) in [6.45, 7) is 5.73. The zero-order valence-corrected chi connectivity index (χ0v) is 16.5. The predicted molar refractivity (Wildman–Crippen MR) is 112 cm³/mol. The van der Waals surface area contributed by atoms with E-state index < -0.39 is 0 Å². The first-order valence-electron chi connectivity index (χ1n) is 9.23. The zero-order chi connectivity index (χ0) is 20.8. The van der Waals surface area contributed by atoms with E-state index in [1.54, 1.807) is 44.2 Å². The highest BCUT2D eigenvalue weighted by molar-refractivity contribution is 6.03. The molecule has 3 aromatic rings. The second kappa shape index (κ2) is 8.97. The molecular weight excluding hydrogens is 368 g/mol. The summed E-state index contributed by atoms with van der Waals surface area (Å²) in [5, 5.41) is 6.00. The van der Waals surface area contributed by atoms with Gasteiger partial charge in [-0.25, -0.2) is 14.8 Å².